The number of carbonyl (C=O) groups is 2. The van der Waals surface area contributed by atoms with Crippen LogP contribution in [0.2, 0.25) is 0 Å². The minimum Gasteiger partial charge on any atom is -0.453 e. The topological polar surface area (TPSA) is 62.3 Å². The van der Waals surface area contributed by atoms with Gasteiger partial charge >= 0.3 is 6.09 Å². The highest BCUT2D eigenvalue weighted by molar-refractivity contribution is 5.82. The second kappa shape index (κ2) is 7.48. The zero-order valence-corrected chi connectivity index (χ0v) is 16.9. The van der Waals surface area contributed by atoms with Gasteiger partial charge in [0, 0.05) is 38.1 Å². The standard InChI is InChI=1S/C21H33N3O4/c1-27-21(26)24-10-16-6-5-14(9-15(24)13-28-16)23-11-17-18(12-23)19(17)20(25)22-7-3-2-4-8-22/h14-19H,2-13H2,1H3/t14?,15?,16?,17-,18+,19+. The van der Waals surface area contributed by atoms with Crippen molar-refractivity contribution in [3.05, 3.63) is 0 Å². The summed E-state index contributed by atoms with van der Waals surface area (Å²) in [6.45, 7) is 5.31. The highest BCUT2D eigenvalue weighted by Gasteiger charge is 2.61. The number of likely N-dealkylation sites (tertiary alicyclic amines) is 2. The molecule has 1 aliphatic carbocycles. The Labute approximate surface area is 167 Å². The summed E-state index contributed by atoms with van der Waals surface area (Å²) in [6.07, 6.45) is 6.58. The molecule has 7 nitrogen and oxygen atoms in total. The molecule has 0 aromatic carbocycles. The van der Waals surface area contributed by atoms with Crippen molar-refractivity contribution < 1.29 is 19.1 Å². The fourth-order valence-electron chi connectivity index (χ4n) is 6.16. The Hall–Kier alpha value is -1.34. The van der Waals surface area contributed by atoms with Crippen LogP contribution in [0, 0.1) is 17.8 Å². The summed E-state index contributed by atoms with van der Waals surface area (Å²) in [5.74, 6) is 1.83. The van der Waals surface area contributed by atoms with Crippen molar-refractivity contribution in [1.29, 1.82) is 0 Å². The summed E-state index contributed by atoms with van der Waals surface area (Å²) in [4.78, 5) is 31.6. The molecule has 6 fully saturated rings. The maximum Gasteiger partial charge on any atom is 0.409 e. The van der Waals surface area contributed by atoms with Crippen LogP contribution >= 0.6 is 0 Å². The number of piperidine rings is 2. The van der Waals surface area contributed by atoms with E-state index >= 15 is 0 Å². The van der Waals surface area contributed by atoms with Crippen LogP contribution in [0.15, 0.2) is 0 Å². The van der Waals surface area contributed by atoms with Gasteiger partial charge in [0.05, 0.1) is 32.4 Å². The van der Waals surface area contributed by atoms with Gasteiger partial charge in [-0.25, -0.2) is 4.79 Å². The molecular formula is C21H33N3O4. The van der Waals surface area contributed by atoms with E-state index in [9.17, 15) is 9.59 Å². The Morgan fingerprint density at radius 1 is 0.964 bits per heavy atom. The minimum absolute atomic E-state index is 0.108. The third-order valence-corrected chi connectivity index (χ3v) is 7.83. The molecule has 0 radical (unpaired) electrons. The highest BCUT2D eigenvalue weighted by atomic mass is 16.5. The molecule has 0 N–H and O–H groups in total. The van der Waals surface area contributed by atoms with Crippen LogP contribution < -0.4 is 0 Å². The van der Waals surface area contributed by atoms with E-state index in [1.165, 1.54) is 26.4 Å². The summed E-state index contributed by atoms with van der Waals surface area (Å²) >= 11 is 0. The van der Waals surface area contributed by atoms with Crippen LogP contribution in [-0.2, 0) is 14.3 Å². The van der Waals surface area contributed by atoms with E-state index < -0.39 is 0 Å². The summed E-state index contributed by atoms with van der Waals surface area (Å²) in [6, 6.07) is 0.596. The van der Waals surface area contributed by atoms with Gasteiger partial charge in [-0.15, -0.1) is 0 Å². The second-order valence-electron chi connectivity index (χ2n) is 9.39. The molecule has 2 amide bonds. The van der Waals surface area contributed by atoms with Crippen LogP contribution in [-0.4, -0.2) is 91.3 Å². The van der Waals surface area contributed by atoms with Gasteiger partial charge in [0.1, 0.15) is 0 Å². The highest BCUT2D eigenvalue weighted by Crippen LogP contribution is 2.53. The maximum atomic E-state index is 12.8. The molecule has 3 unspecified atom stereocenters. The maximum absolute atomic E-state index is 12.8. The van der Waals surface area contributed by atoms with E-state index in [1.54, 1.807) is 0 Å². The van der Waals surface area contributed by atoms with Crippen LogP contribution in [0.25, 0.3) is 0 Å². The molecule has 1 saturated carbocycles. The molecule has 2 bridgehead atoms. The van der Waals surface area contributed by atoms with Crippen LogP contribution in [0.4, 0.5) is 4.79 Å². The number of fused-ring (bicyclic) bond motifs is 6. The molecule has 156 valence electrons. The molecule has 5 heterocycles. The van der Waals surface area contributed by atoms with Gasteiger partial charge in [0.15, 0.2) is 0 Å². The molecule has 6 rings (SSSR count). The van der Waals surface area contributed by atoms with E-state index in [-0.39, 0.29) is 24.2 Å². The quantitative estimate of drug-likeness (QED) is 0.715. The minimum atomic E-state index is -0.226. The predicted molar refractivity (Wildman–Crippen MR) is 103 cm³/mol. The lowest BCUT2D eigenvalue weighted by Gasteiger charge is -2.45. The monoisotopic (exact) mass is 391 g/mol. The number of ether oxygens (including phenoxy) is 2. The third kappa shape index (κ3) is 3.30. The number of methoxy groups -OCH3 is 1. The molecule has 5 saturated heterocycles. The SMILES string of the molecule is COC(=O)N1CC2CCC(N3C[C@@H]4[C@H](C3)[C@H]4C(=O)N3CCCCC3)CC1CO2. The lowest BCUT2D eigenvalue weighted by molar-refractivity contribution is -0.134. The van der Waals surface area contributed by atoms with Gasteiger partial charge in [0.25, 0.3) is 0 Å². The number of nitrogens with zero attached hydrogens (tertiary/aromatic N) is 3. The molecule has 0 spiro atoms. The summed E-state index contributed by atoms with van der Waals surface area (Å²) in [5, 5.41) is 0. The van der Waals surface area contributed by atoms with Gasteiger partial charge in [-0.3, -0.25) is 9.69 Å². The number of carbonyl (C=O) groups excluding carboxylic acids is 2. The van der Waals surface area contributed by atoms with Gasteiger partial charge in [0.2, 0.25) is 5.91 Å². The van der Waals surface area contributed by atoms with Crippen LogP contribution in [0.5, 0.6) is 0 Å². The van der Waals surface area contributed by atoms with Crippen molar-refractivity contribution in [2.24, 2.45) is 17.8 Å². The average molecular weight is 392 g/mol. The average Bonchev–Trinajstić information content (AvgIpc) is 3.21. The van der Waals surface area contributed by atoms with Crippen molar-refractivity contribution in [2.75, 3.05) is 46.4 Å². The fourth-order valence-corrected chi connectivity index (χ4v) is 6.16. The molecule has 5 aliphatic heterocycles. The smallest absolute Gasteiger partial charge is 0.409 e. The molecule has 0 aromatic rings. The van der Waals surface area contributed by atoms with E-state index in [4.69, 9.17) is 9.47 Å². The van der Waals surface area contributed by atoms with Gasteiger partial charge < -0.3 is 19.3 Å². The molecule has 0 aromatic heterocycles. The van der Waals surface area contributed by atoms with E-state index in [0.717, 1.165) is 45.4 Å². The Kier molecular flexibility index (Phi) is 4.99. The fraction of sp³-hybridized carbons (Fsp3) is 0.905. The Morgan fingerprint density at radius 2 is 1.71 bits per heavy atom. The summed E-state index contributed by atoms with van der Waals surface area (Å²) in [7, 11) is 1.46. The molecule has 6 atom stereocenters. The van der Waals surface area contributed by atoms with Crippen LogP contribution in [0.1, 0.15) is 38.5 Å². The second-order valence-corrected chi connectivity index (χ2v) is 9.39. The number of hydrogen-bond acceptors (Lipinski definition) is 5. The van der Waals surface area contributed by atoms with Crippen molar-refractivity contribution in [2.45, 2.75) is 56.7 Å². The van der Waals surface area contributed by atoms with E-state index in [2.05, 4.69) is 9.80 Å². The Morgan fingerprint density at radius 3 is 2.43 bits per heavy atom. The zero-order valence-electron chi connectivity index (χ0n) is 16.9. The number of rotatable bonds is 2. The zero-order chi connectivity index (χ0) is 19.3. The van der Waals surface area contributed by atoms with E-state index in [0.29, 0.717) is 36.9 Å². The van der Waals surface area contributed by atoms with Gasteiger partial charge in [-0.1, -0.05) is 0 Å². The number of morpholine rings is 1. The van der Waals surface area contributed by atoms with Crippen LogP contribution in [0.3, 0.4) is 0 Å². The molecule has 7 heteroatoms. The lowest BCUT2D eigenvalue weighted by atomic mass is 9.93. The normalized spacial score (nSPS) is 40.6. The van der Waals surface area contributed by atoms with Crippen molar-refractivity contribution in [1.82, 2.24) is 14.7 Å². The third-order valence-electron chi connectivity index (χ3n) is 7.83. The van der Waals surface area contributed by atoms with Crippen molar-refractivity contribution >= 4 is 12.0 Å². The molecule has 6 aliphatic rings. The molecule has 28 heavy (non-hydrogen) atoms. The lowest BCUT2D eigenvalue weighted by Crippen LogP contribution is -2.56. The largest absolute Gasteiger partial charge is 0.453 e. The van der Waals surface area contributed by atoms with Gasteiger partial charge in [-0.2, -0.15) is 0 Å². The van der Waals surface area contributed by atoms with Crippen molar-refractivity contribution in [3.8, 4) is 0 Å². The number of hydrogen-bond donors (Lipinski definition) is 0. The Bertz CT molecular complexity index is 611. The summed E-state index contributed by atoms with van der Waals surface area (Å²) < 4.78 is 10.9. The number of amides is 2. The first-order valence-electron chi connectivity index (χ1n) is 11.1. The van der Waals surface area contributed by atoms with Crippen molar-refractivity contribution in [3.63, 3.8) is 0 Å². The Balaban J connectivity index is 1.18. The first-order chi connectivity index (χ1) is 13.7. The summed E-state index contributed by atoms with van der Waals surface area (Å²) in [5.41, 5.74) is 0. The van der Waals surface area contributed by atoms with Gasteiger partial charge in [-0.05, 0) is 50.4 Å². The molecular weight excluding hydrogens is 358 g/mol. The predicted octanol–water partition coefficient (Wildman–Crippen LogP) is 1.57. The van der Waals surface area contributed by atoms with E-state index in [1.807, 2.05) is 4.90 Å². The first-order valence-corrected chi connectivity index (χ1v) is 11.1. The first kappa shape index (κ1) is 18.7.